The van der Waals surface area contributed by atoms with Gasteiger partial charge in [0, 0.05) is 22.9 Å². The van der Waals surface area contributed by atoms with E-state index in [0.29, 0.717) is 23.9 Å². The van der Waals surface area contributed by atoms with Crippen molar-refractivity contribution < 1.29 is 14.3 Å². The first-order valence-electron chi connectivity index (χ1n) is 7.38. The van der Waals surface area contributed by atoms with E-state index in [1.54, 1.807) is 30.3 Å². The fourth-order valence-corrected chi connectivity index (χ4v) is 2.51. The van der Waals surface area contributed by atoms with Crippen molar-refractivity contribution in [3.63, 3.8) is 0 Å². The van der Waals surface area contributed by atoms with Crippen molar-refractivity contribution in [3.05, 3.63) is 72.0 Å². The molecule has 2 N–H and O–H groups in total. The number of aryl methyl sites for hydroxylation is 1. The molecule has 0 atom stereocenters. The fraction of sp³-hybridized carbons (Fsp3) is 0.105. The molecule has 0 aliphatic rings. The number of amides is 1. The number of hydrogen-bond donors (Lipinski definition) is 2. The Morgan fingerprint density at radius 2 is 1.65 bits per heavy atom. The van der Waals surface area contributed by atoms with Crippen molar-refractivity contribution in [1.29, 1.82) is 0 Å². The molecule has 0 saturated heterocycles. The van der Waals surface area contributed by atoms with E-state index in [1.165, 1.54) is 12.1 Å². The number of nitrogens with one attached hydrogen (secondary N) is 1. The molecule has 0 aliphatic heterocycles. The number of benzene rings is 3. The largest absolute Gasteiger partial charge is 0.507 e. The van der Waals surface area contributed by atoms with Gasteiger partial charge in [-0.05, 0) is 36.2 Å². The van der Waals surface area contributed by atoms with Gasteiger partial charge in [-0.1, -0.05) is 36.4 Å². The Morgan fingerprint density at radius 3 is 2.39 bits per heavy atom. The lowest BCUT2D eigenvalue weighted by atomic mass is 10.1. The van der Waals surface area contributed by atoms with Crippen molar-refractivity contribution in [3.8, 4) is 5.75 Å². The summed E-state index contributed by atoms with van der Waals surface area (Å²) in [6.07, 6.45) is 0.850. The van der Waals surface area contributed by atoms with E-state index < -0.39 is 0 Å². The number of anilines is 1. The smallest absolute Gasteiger partial charge is 0.224 e. The van der Waals surface area contributed by atoms with E-state index in [4.69, 9.17) is 0 Å². The van der Waals surface area contributed by atoms with E-state index in [1.807, 2.05) is 18.2 Å². The Kier molecular flexibility index (Phi) is 4.24. The maximum atomic E-state index is 12.9. The van der Waals surface area contributed by atoms with Crippen LogP contribution in [0.15, 0.2) is 60.7 Å². The summed E-state index contributed by atoms with van der Waals surface area (Å²) < 4.78 is 12.9. The number of carbonyl (C=O) groups excluding carboxylic acids is 1. The molecule has 3 aromatic carbocycles. The van der Waals surface area contributed by atoms with Crippen LogP contribution in [0.1, 0.15) is 12.0 Å². The highest BCUT2D eigenvalue weighted by atomic mass is 19.1. The number of phenols is 1. The van der Waals surface area contributed by atoms with Crippen molar-refractivity contribution >= 4 is 22.4 Å². The van der Waals surface area contributed by atoms with Crippen LogP contribution in [-0.4, -0.2) is 11.0 Å². The second-order valence-corrected chi connectivity index (χ2v) is 5.35. The fourth-order valence-electron chi connectivity index (χ4n) is 2.51. The molecule has 0 radical (unpaired) electrons. The normalized spacial score (nSPS) is 10.7. The summed E-state index contributed by atoms with van der Waals surface area (Å²) in [5.74, 6) is -0.219. The van der Waals surface area contributed by atoms with Crippen LogP contribution in [-0.2, 0) is 11.2 Å². The molecule has 0 heterocycles. The highest BCUT2D eigenvalue weighted by Gasteiger charge is 2.08. The Hall–Kier alpha value is -2.88. The predicted octanol–water partition coefficient (Wildman–Crippen LogP) is 4.26. The zero-order chi connectivity index (χ0) is 16.2. The topological polar surface area (TPSA) is 49.3 Å². The van der Waals surface area contributed by atoms with E-state index in [0.717, 1.165) is 10.9 Å². The molecule has 0 unspecified atom stereocenters. The van der Waals surface area contributed by atoms with Gasteiger partial charge >= 0.3 is 0 Å². The molecule has 0 aromatic heterocycles. The molecule has 3 rings (SSSR count). The van der Waals surface area contributed by atoms with Gasteiger partial charge in [-0.2, -0.15) is 0 Å². The van der Waals surface area contributed by atoms with Crippen molar-refractivity contribution in [2.75, 3.05) is 5.32 Å². The average molecular weight is 309 g/mol. The highest BCUT2D eigenvalue weighted by Crippen LogP contribution is 2.30. The van der Waals surface area contributed by atoms with Crippen LogP contribution in [0.2, 0.25) is 0 Å². The summed E-state index contributed by atoms with van der Waals surface area (Å²) in [7, 11) is 0. The van der Waals surface area contributed by atoms with Gasteiger partial charge in [-0.15, -0.1) is 0 Å². The first-order chi connectivity index (χ1) is 11.1. The lowest BCUT2D eigenvalue weighted by Crippen LogP contribution is -2.12. The molecule has 1 amide bonds. The molecule has 0 bridgehead atoms. The Morgan fingerprint density at radius 1 is 0.957 bits per heavy atom. The summed E-state index contributed by atoms with van der Waals surface area (Å²) in [6, 6.07) is 16.7. The Balaban J connectivity index is 1.71. The van der Waals surface area contributed by atoms with Gasteiger partial charge in [0.1, 0.15) is 11.6 Å². The third kappa shape index (κ3) is 3.48. The second-order valence-electron chi connectivity index (χ2n) is 5.35. The number of aromatic hydroxyl groups is 1. The van der Waals surface area contributed by atoms with Crippen LogP contribution in [0.4, 0.5) is 10.1 Å². The van der Waals surface area contributed by atoms with Crippen molar-refractivity contribution in [2.24, 2.45) is 0 Å². The lowest BCUT2D eigenvalue weighted by molar-refractivity contribution is -0.116. The number of rotatable bonds is 4. The molecule has 3 aromatic rings. The zero-order valence-electron chi connectivity index (χ0n) is 12.4. The van der Waals surface area contributed by atoms with Crippen LogP contribution in [0.3, 0.4) is 0 Å². The van der Waals surface area contributed by atoms with Crippen LogP contribution in [0, 0.1) is 5.82 Å². The van der Waals surface area contributed by atoms with Gasteiger partial charge in [0.2, 0.25) is 5.91 Å². The molecule has 0 aliphatic carbocycles. The maximum Gasteiger partial charge on any atom is 0.224 e. The molecular formula is C19H16FNO2. The zero-order valence-corrected chi connectivity index (χ0v) is 12.4. The number of carbonyl (C=O) groups is 1. The summed E-state index contributed by atoms with van der Waals surface area (Å²) in [6.45, 7) is 0. The first kappa shape index (κ1) is 15.0. The standard InChI is InChI=1S/C19H16FNO2/c20-14-8-5-13(6-9-14)7-12-19(23)21-17-10-11-18(22)16-4-2-1-3-15(16)17/h1-6,8-11,22H,7,12H2,(H,21,23). The molecule has 116 valence electrons. The Bertz CT molecular complexity index is 844. The summed E-state index contributed by atoms with van der Waals surface area (Å²) >= 11 is 0. The van der Waals surface area contributed by atoms with Crippen LogP contribution < -0.4 is 5.32 Å². The van der Waals surface area contributed by atoms with Gasteiger partial charge in [-0.3, -0.25) is 4.79 Å². The molecule has 0 saturated carbocycles. The first-order valence-corrected chi connectivity index (χ1v) is 7.38. The minimum atomic E-state index is -0.284. The van der Waals surface area contributed by atoms with Crippen LogP contribution >= 0.6 is 0 Å². The van der Waals surface area contributed by atoms with Gasteiger partial charge < -0.3 is 10.4 Å². The lowest BCUT2D eigenvalue weighted by Gasteiger charge is -2.10. The van der Waals surface area contributed by atoms with Crippen molar-refractivity contribution in [2.45, 2.75) is 12.8 Å². The predicted molar refractivity (Wildman–Crippen MR) is 89.0 cm³/mol. The monoisotopic (exact) mass is 309 g/mol. The summed E-state index contributed by atoms with van der Waals surface area (Å²) in [4.78, 5) is 12.1. The van der Waals surface area contributed by atoms with E-state index in [2.05, 4.69) is 5.32 Å². The molecule has 23 heavy (non-hydrogen) atoms. The highest BCUT2D eigenvalue weighted by molar-refractivity contribution is 6.04. The summed E-state index contributed by atoms with van der Waals surface area (Å²) in [5, 5.41) is 14.2. The minimum absolute atomic E-state index is 0.120. The van der Waals surface area contributed by atoms with Gasteiger partial charge in [-0.25, -0.2) is 4.39 Å². The minimum Gasteiger partial charge on any atom is -0.507 e. The molecular weight excluding hydrogens is 293 g/mol. The number of phenolic OH excluding ortho intramolecular Hbond substituents is 1. The van der Waals surface area contributed by atoms with E-state index in [9.17, 15) is 14.3 Å². The van der Waals surface area contributed by atoms with Gasteiger partial charge in [0.15, 0.2) is 0 Å². The van der Waals surface area contributed by atoms with Crippen LogP contribution in [0.25, 0.3) is 10.8 Å². The number of fused-ring (bicyclic) bond motifs is 1. The maximum absolute atomic E-state index is 12.9. The third-order valence-corrected chi connectivity index (χ3v) is 3.73. The molecule has 0 fully saturated rings. The third-order valence-electron chi connectivity index (χ3n) is 3.73. The summed E-state index contributed by atoms with van der Waals surface area (Å²) in [5.41, 5.74) is 1.58. The van der Waals surface area contributed by atoms with Gasteiger partial charge in [0.25, 0.3) is 0 Å². The average Bonchev–Trinajstić information content (AvgIpc) is 2.57. The van der Waals surface area contributed by atoms with Crippen molar-refractivity contribution in [1.82, 2.24) is 0 Å². The SMILES string of the molecule is O=C(CCc1ccc(F)cc1)Nc1ccc(O)c2ccccc12. The second kappa shape index (κ2) is 6.48. The van der Waals surface area contributed by atoms with Crippen LogP contribution in [0.5, 0.6) is 5.75 Å². The molecule has 0 spiro atoms. The Labute approximate surface area is 133 Å². The molecule has 4 heteroatoms. The number of halogens is 1. The van der Waals surface area contributed by atoms with E-state index in [-0.39, 0.29) is 17.5 Å². The molecule has 3 nitrogen and oxygen atoms in total. The van der Waals surface area contributed by atoms with Gasteiger partial charge in [0.05, 0.1) is 0 Å². The van der Waals surface area contributed by atoms with E-state index >= 15 is 0 Å². The number of hydrogen-bond acceptors (Lipinski definition) is 2. The quantitative estimate of drug-likeness (QED) is 0.708.